The second kappa shape index (κ2) is 2.83. The Bertz CT molecular complexity index is 426. The summed E-state index contributed by atoms with van der Waals surface area (Å²) in [5.41, 5.74) is 3.05. The lowest BCUT2D eigenvalue weighted by atomic mass is 10.2. The van der Waals surface area contributed by atoms with Crippen molar-refractivity contribution >= 4 is 27.0 Å². The van der Waals surface area contributed by atoms with Crippen molar-refractivity contribution in [1.82, 2.24) is 9.97 Å². The number of aromatic nitrogens is 2. The van der Waals surface area contributed by atoms with Crippen molar-refractivity contribution in [2.75, 3.05) is 0 Å². The summed E-state index contributed by atoms with van der Waals surface area (Å²) in [6.07, 6.45) is 3.59. The van der Waals surface area contributed by atoms with Crippen molar-refractivity contribution in [1.29, 1.82) is 0 Å². The van der Waals surface area contributed by atoms with Crippen LogP contribution in [-0.2, 0) is 0 Å². The van der Waals surface area contributed by atoms with Gasteiger partial charge in [-0.15, -0.1) is 0 Å². The molecule has 0 N–H and O–H groups in total. The molecule has 2 aromatic rings. The molecule has 0 aliphatic rings. The number of halogens is 1. The molecule has 0 unspecified atom stereocenters. The number of hydrogen-bond acceptors (Lipinski definition) is 2. The summed E-state index contributed by atoms with van der Waals surface area (Å²) in [5.74, 6) is 0. The lowest BCUT2D eigenvalue weighted by Crippen LogP contribution is -1.86. The lowest BCUT2D eigenvalue weighted by Gasteiger charge is -2.00. The average Bonchev–Trinajstić information content (AvgIpc) is 2.12. The molecule has 0 bridgehead atoms. The van der Waals surface area contributed by atoms with Crippen molar-refractivity contribution < 1.29 is 0 Å². The van der Waals surface area contributed by atoms with E-state index in [0.717, 1.165) is 21.1 Å². The summed E-state index contributed by atoms with van der Waals surface area (Å²) in [7, 11) is 0. The summed E-state index contributed by atoms with van der Waals surface area (Å²) in [5, 5.41) is 0. The molecular formula is C9H7BrN2. The van der Waals surface area contributed by atoms with Gasteiger partial charge in [-0.2, -0.15) is 0 Å². The lowest BCUT2D eigenvalue weighted by molar-refractivity contribution is 1.28. The highest BCUT2D eigenvalue weighted by Gasteiger charge is 2.01. The summed E-state index contributed by atoms with van der Waals surface area (Å²) >= 11 is 3.41. The molecule has 2 rings (SSSR count). The van der Waals surface area contributed by atoms with Crippen LogP contribution < -0.4 is 0 Å². The molecule has 0 atom stereocenters. The molecule has 0 saturated carbocycles. The van der Waals surface area contributed by atoms with Crippen LogP contribution in [0.2, 0.25) is 0 Å². The van der Waals surface area contributed by atoms with Crippen molar-refractivity contribution in [3.63, 3.8) is 0 Å². The van der Waals surface area contributed by atoms with E-state index in [1.807, 2.05) is 19.1 Å². The zero-order chi connectivity index (χ0) is 8.55. The highest BCUT2D eigenvalue weighted by Crippen LogP contribution is 2.20. The number of hydrogen-bond donors (Lipinski definition) is 0. The molecule has 2 nitrogen and oxygen atoms in total. The number of rotatable bonds is 0. The SMILES string of the molecule is Cc1c(Br)cnc2cccnc12. The van der Waals surface area contributed by atoms with E-state index < -0.39 is 0 Å². The zero-order valence-corrected chi connectivity index (χ0v) is 8.17. The first-order chi connectivity index (χ1) is 5.79. The Balaban J connectivity index is 2.91. The minimum absolute atomic E-state index is 0.943. The Hall–Kier alpha value is -0.960. The Morgan fingerprint density at radius 3 is 3.00 bits per heavy atom. The van der Waals surface area contributed by atoms with E-state index in [-0.39, 0.29) is 0 Å². The maximum absolute atomic E-state index is 4.25. The fourth-order valence-electron chi connectivity index (χ4n) is 1.13. The Kier molecular flexibility index (Phi) is 1.81. The average molecular weight is 223 g/mol. The number of nitrogens with zero attached hydrogens (tertiary/aromatic N) is 2. The Morgan fingerprint density at radius 1 is 1.33 bits per heavy atom. The maximum atomic E-state index is 4.25. The second-order valence-corrected chi connectivity index (χ2v) is 3.46. The van der Waals surface area contributed by atoms with Crippen LogP contribution in [0.25, 0.3) is 11.0 Å². The van der Waals surface area contributed by atoms with Crippen LogP contribution in [0, 0.1) is 6.92 Å². The van der Waals surface area contributed by atoms with Gasteiger partial charge in [0.25, 0.3) is 0 Å². The zero-order valence-electron chi connectivity index (χ0n) is 6.58. The largest absolute Gasteiger partial charge is 0.254 e. The normalized spacial score (nSPS) is 10.5. The smallest absolute Gasteiger partial charge is 0.0927 e. The second-order valence-electron chi connectivity index (χ2n) is 2.60. The van der Waals surface area contributed by atoms with Crippen LogP contribution in [-0.4, -0.2) is 9.97 Å². The third-order valence-electron chi connectivity index (χ3n) is 1.82. The molecule has 0 amide bonds. The van der Waals surface area contributed by atoms with Gasteiger partial charge in [0.2, 0.25) is 0 Å². The third kappa shape index (κ3) is 1.10. The molecule has 2 aromatic heterocycles. The monoisotopic (exact) mass is 222 g/mol. The van der Waals surface area contributed by atoms with E-state index in [0.29, 0.717) is 0 Å². The third-order valence-corrected chi connectivity index (χ3v) is 2.62. The molecule has 3 heteroatoms. The Morgan fingerprint density at radius 2 is 2.17 bits per heavy atom. The van der Waals surface area contributed by atoms with Crippen molar-refractivity contribution in [2.24, 2.45) is 0 Å². The van der Waals surface area contributed by atoms with Crippen LogP contribution in [0.3, 0.4) is 0 Å². The summed E-state index contributed by atoms with van der Waals surface area (Å²) in [6, 6.07) is 3.85. The van der Waals surface area contributed by atoms with Gasteiger partial charge in [-0.3, -0.25) is 9.97 Å². The molecular weight excluding hydrogens is 216 g/mol. The molecule has 0 spiro atoms. The molecule has 0 aromatic carbocycles. The molecule has 0 fully saturated rings. The summed E-state index contributed by atoms with van der Waals surface area (Å²) in [6.45, 7) is 2.03. The number of fused-ring (bicyclic) bond motifs is 1. The van der Waals surface area contributed by atoms with Gasteiger partial charge in [0, 0.05) is 16.9 Å². The summed E-state index contributed by atoms with van der Waals surface area (Å²) in [4.78, 5) is 8.48. The van der Waals surface area contributed by atoms with E-state index in [4.69, 9.17) is 0 Å². The van der Waals surface area contributed by atoms with Gasteiger partial charge in [0.05, 0.1) is 11.0 Å². The molecule has 12 heavy (non-hydrogen) atoms. The van der Waals surface area contributed by atoms with E-state index >= 15 is 0 Å². The van der Waals surface area contributed by atoms with Gasteiger partial charge in [0.15, 0.2) is 0 Å². The van der Waals surface area contributed by atoms with E-state index in [1.54, 1.807) is 12.4 Å². The van der Waals surface area contributed by atoms with E-state index in [9.17, 15) is 0 Å². The van der Waals surface area contributed by atoms with Crippen molar-refractivity contribution in [2.45, 2.75) is 6.92 Å². The van der Waals surface area contributed by atoms with Crippen LogP contribution in [0.4, 0.5) is 0 Å². The predicted molar refractivity (Wildman–Crippen MR) is 52.0 cm³/mol. The summed E-state index contributed by atoms with van der Waals surface area (Å²) < 4.78 is 1.01. The van der Waals surface area contributed by atoms with Crippen molar-refractivity contribution in [3.05, 3.63) is 34.6 Å². The Labute approximate surface area is 78.8 Å². The maximum Gasteiger partial charge on any atom is 0.0927 e. The molecule has 0 radical (unpaired) electrons. The minimum Gasteiger partial charge on any atom is -0.254 e. The first kappa shape index (κ1) is 7.68. The predicted octanol–water partition coefficient (Wildman–Crippen LogP) is 2.70. The van der Waals surface area contributed by atoms with Gasteiger partial charge in [-0.25, -0.2) is 0 Å². The molecule has 2 heterocycles. The molecule has 0 aliphatic heterocycles. The number of pyridine rings is 2. The molecule has 0 saturated heterocycles. The topological polar surface area (TPSA) is 25.8 Å². The van der Waals surface area contributed by atoms with Gasteiger partial charge < -0.3 is 0 Å². The van der Waals surface area contributed by atoms with Crippen LogP contribution in [0.1, 0.15) is 5.56 Å². The van der Waals surface area contributed by atoms with E-state index in [2.05, 4.69) is 25.9 Å². The minimum atomic E-state index is 0.943. The first-order valence-electron chi connectivity index (χ1n) is 3.65. The highest BCUT2D eigenvalue weighted by molar-refractivity contribution is 9.10. The van der Waals surface area contributed by atoms with Gasteiger partial charge >= 0.3 is 0 Å². The van der Waals surface area contributed by atoms with Crippen LogP contribution >= 0.6 is 15.9 Å². The molecule has 0 aliphatic carbocycles. The fourth-order valence-corrected chi connectivity index (χ4v) is 1.42. The van der Waals surface area contributed by atoms with Gasteiger partial charge in [0.1, 0.15) is 0 Å². The standard InChI is InChI=1S/C9H7BrN2/c1-6-7(10)5-12-8-3-2-4-11-9(6)8/h2-5H,1H3. The number of aryl methyl sites for hydroxylation is 1. The van der Waals surface area contributed by atoms with Crippen molar-refractivity contribution in [3.8, 4) is 0 Å². The van der Waals surface area contributed by atoms with Crippen LogP contribution in [0.15, 0.2) is 29.0 Å². The van der Waals surface area contributed by atoms with Gasteiger partial charge in [-0.05, 0) is 40.5 Å². The van der Waals surface area contributed by atoms with E-state index in [1.165, 1.54) is 0 Å². The quantitative estimate of drug-likeness (QED) is 0.686. The van der Waals surface area contributed by atoms with Crippen LogP contribution in [0.5, 0.6) is 0 Å². The van der Waals surface area contributed by atoms with Gasteiger partial charge in [-0.1, -0.05) is 0 Å². The fraction of sp³-hybridized carbons (Fsp3) is 0.111. The molecule has 60 valence electrons. The highest BCUT2D eigenvalue weighted by atomic mass is 79.9. The first-order valence-corrected chi connectivity index (χ1v) is 4.44.